The van der Waals surface area contributed by atoms with Gasteiger partial charge in [-0.15, -0.1) is 0 Å². The minimum atomic E-state index is -0.0323. The van der Waals surface area contributed by atoms with Crippen molar-refractivity contribution in [2.24, 2.45) is 5.92 Å². The molecule has 2 rings (SSSR count). The molecular weight excluding hydrogens is 242 g/mol. The smallest absolute Gasteiger partial charge is 0.251 e. The highest BCUT2D eigenvalue weighted by atomic mass is 16.5. The van der Waals surface area contributed by atoms with Crippen molar-refractivity contribution >= 4 is 5.91 Å². The van der Waals surface area contributed by atoms with Gasteiger partial charge in [-0.3, -0.25) is 4.79 Å². The largest absolute Gasteiger partial charge is 0.497 e. The van der Waals surface area contributed by atoms with Crippen molar-refractivity contribution < 1.29 is 14.6 Å². The van der Waals surface area contributed by atoms with Crippen LogP contribution in [0.5, 0.6) is 5.75 Å². The minimum Gasteiger partial charge on any atom is -0.497 e. The van der Waals surface area contributed by atoms with Crippen molar-refractivity contribution in [1.29, 1.82) is 0 Å². The molecule has 1 saturated carbocycles. The summed E-state index contributed by atoms with van der Waals surface area (Å²) < 4.78 is 5.07. The predicted octanol–water partition coefficient (Wildman–Crippen LogP) is 1.98. The fraction of sp³-hybridized carbons (Fsp3) is 0.533. The highest BCUT2D eigenvalue weighted by Gasteiger charge is 2.22. The molecule has 0 saturated heterocycles. The predicted molar refractivity (Wildman–Crippen MR) is 73.3 cm³/mol. The lowest BCUT2D eigenvalue weighted by atomic mass is 9.86. The van der Waals surface area contributed by atoms with E-state index in [-0.39, 0.29) is 18.6 Å². The molecule has 1 aliphatic carbocycles. The number of benzene rings is 1. The van der Waals surface area contributed by atoms with Crippen molar-refractivity contribution in [1.82, 2.24) is 5.32 Å². The maximum Gasteiger partial charge on any atom is 0.251 e. The maximum absolute atomic E-state index is 12.1. The number of aliphatic hydroxyl groups is 1. The van der Waals surface area contributed by atoms with Gasteiger partial charge >= 0.3 is 0 Å². The quantitative estimate of drug-likeness (QED) is 0.873. The Labute approximate surface area is 113 Å². The lowest BCUT2D eigenvalue weighted by molar-refractivity contribution is 0.0914. The van der Waals surface area contributed by atoms with E-state index in [4.69, 9.17) is 9.84 Å². The Kier molecular flexibility index (Phi) is 4.80. The Morgan fingerprint density at radius 3 is 2.42 bits per heavy atom. The number of aliphatic hydroxyl groups excluding tert-OH is 1. The minimum absolute atomic E-state index is 0.0323. The summed E-state index contributed by atoms with van der Waals surface area (Å²) in [5, 5.41) is 12.1. The maximum atomic E-state index is 12.1. The van der Waals surface area contributed by atoms with E-state index in [0.717, 1.165) is 31.4 Å². The van der Waals surface area contributed by atoms with Crippen LogP contribution in [0.1, 0.15) is 36.0 Å². The SMILES string of the molecule is COc1ccc(C(=O)NC2CCC(CO)CC2)cc1. The van der Waals surface area contributed by atoms with Crippen LogP contribution < -0.4 is 10.1 Å². The van der Waals surface area contributed by atoms with Gasteiger partial charge in [0.1, 0.15) is 5.75 Å². The fourth-order valence-corrected chi connectivity index (χ4v) is 2.50. The van der Waals surface area contributed by atoms with E-state index in [1.165, 1.54) is 0 Å². The van der Waals surface area contributed by atoms with Gasteiger partial charge in [0.25, 0.3) is 5.91 Å². The van der Waals surface area contributed by atoms with E-state index in [1.54, 1.807) is 31.4 Å². The number of hydrogen-bond acceptors (Lipinski definition) is 3. The number of carbonyl (C=O) groups excluding carboxylic acids is 1. The van der Waals surface area contributed by atoms with Gasteiger partial charge in [-0.25, -0.2) is 0 Å². The van der Waals surface area contributed by atoms with Crippen LogP contribution in [0.3, 0.4) is 0 Å². The van der Waals surface area contributed by atoms with E-state index in [2.05, 4.69) is 5.32 Å². The molecule has 1 fully saturated rings. The van der Waals surface area contributed by atoms with Crippen molar-refractivity contribution in [3.05, 3.63) is 29.8 Å². The molecule has 0 bridgehead atoms. The molecule has 1 aromatic carbocycles. The first-order valence-corrected chi connectivity index (χ1v) is 6.78. The van der Waals surface area contributed by atoms with Crippen LogP contribution in [0.25, 0.3) is 0 Å². The topological polar surface area (TPSA) is 58.6 Å². The van der Waals surface area contributed by atoms with Crippen LogP contribution in [-0.2, 0) is 0 Å². The van der Waals surface area contributed by atoms with Crippen LogP contribution >= 0.6 is 0 Å². The van der Waals surface area contributed by atoms with Gasteiger partial charge in [0.05, 0.1) is 7.11 Å². The molecule has 0 atom stereocenters. The lowest BCUT2D eigenvalue weighted by Crippen LogP contribution is -2.38. The molecule has 1 aliphatic rings. The normalized spacial score (nSPS) is 22.8. The van der Waals surface area contributed by atoms with Gasteiger partial charge in [-0.05, 0) is 55.9 Å². The van der Waals surface area contributed by atoms with Crippen LogP contribution in [0.15, 0.2) is 24.3 Å². The van der Waals surface area contributed by atoms with E-state index in [1.807, 2.05) is 0 Å². The second kappa shape index (κ2) is 6.57. The Bertz CT molecular complexity index is 408. The Morgan fingerprint density at radius 1 is 1.26 bits per heavy atom. The highest BCUT2D eigenvalue weighted by Crippen LogP contribution is 2.24. The Balaban J connectivity index is 1.87. The molecule has 0 radical (unpaired) electrons. The molecule has 4 heteroatoms. The van der Waals surface area contributed by atoms with Crippen molar-refractivity contribution in [3.63, 3.8) is 0 Å². The number of rotatable bonds is 4. The van der Waals surface area contributed by atoms with Gasteiger partial charge in [-0.1, -0.05) is 0 Å². The van der Waals surface area contributed by atoms with E-state index < -0.39 is 0 Å². The fourth-order valence-electron chi connectivity index (χ4n) is 2.50. The third-order valence-electron chi connectivity index (χ3n) is 3.79. The molecule has 0 unspecified atom stereocenters. The number of carbonyl (C=O) groups is 1. The van der Waals surface area contributed by atoms with Crippen LogP contribution in [0.2, 0.25) is 0 Å². The zero-order chi connectivity index (χ0) is 13.7. The van der Waals surface area contributed by atoms with E-state index in [9.17, 15) is 4.79 Å². The number of hydrogen-bond donors (Lipinski definition) is 2. The molecule has 2 N–H and O–H groups in total. The second-order valence-electron chi connectivity index (χ2n) is 5.10. The lowest BCUT2D eigenvalue weighted by Gasteiger charge is -2.27. The summed E-state index contributed by atoms with van der Waals surface area (Å²) in [5.41, 5.74) is 0.657. The van der Waals surface area contributed by atoms with E-state index >= 15 is 0 Å². The summed E-state index contributed by atoms with van der Waals surface area (Å²) in [6.07, 6.45) is 3.88. The monoisotopic (exact) mass is 263 g/mol. The summed E-state index contributed by atoms with van der Waals surface area (Å²) in [5.74, 6) is 1.13. The van der Waals surface area contributed by atoms with Crippen LogP contribution in [0.4, 0.5) is 0 Å². The zero-order valence-corrected chi connectivity index (χ0v) is 11.3. The van der Waals surface area contributed by atoms with Crippen LogP contribution in [0, 0.1) is 5.92 Å². The summed E-state index contributed by atoms with van der Waals surface area (Å²) in [6.45, 7) is 0.263. The molecule has 0 heterocycles. The first-order chi connectivity index (χ1) is 9.22. The molecule has 1 aromatic rings. The van der Waals surface area contributed by atoms with Crippen molar-refractivity contribution in [3.8, 4) is 5.75 Å². The number of nitrogens with one attached hydrogen (secondary N) is 1. The van der Waals surface area contributed by atoms with E-state index in [0.29, 0.717) is 11.5 Å². The number of methoxy groups -OCH3 is 1. The third-order valence-corrected chi connectivity index (χ3v) is 3.79. The van der Waals surface area contributed by atoms with Crippen LogP contribution in [-0.4, -0.2) is 30.8 Å². The Morgan fingerprint density at radius 2 is 1.89 bits per heavy atom. The van der Waals surface area contributed by atoms with Gasteiger partial charge in [0, 0.05) is 18.2 Å². The number of amides is 1. The molecule has 4 nitrogen and oxygen atoms in total. The zero-order valence-electron chi connectivity index (χ0n) is 11.3. The average molecular weight is 263 g/mol. The average Bonchev–Trinajstić information content (AvgIpc) is 2.48. The molecule has 1 amide bonds. The summed E-state index contributed by atoms with van der Waals surface area (Å²) in [6, 6.07) is 7.35. The second-order valence-corrected chi connectivity index (χ2v) is 5.10. The first-order valence-electron chi connectivity index (χ1n) is 6.78. The molecule has 0 spiro atoms. The van der Waals surface area contributed by atoms with Gasteiger partial charge in [0.2, 0.25) is 0 Å². The summed E-state index contributed by atoms with van der Waals surface area (Å²) >= 11 is 0. The van der Waals surface area contributed by atoms with Crippen molar-refractivity contribution in [2.75, 3.05) is 13.7 Å². The molecule has 0 aromatic heterocycles. The standard InChI is InChI=1S/C15H21NO3/c1-19-14-8-4-12(5-9-14)15(18)16-13-6-2-11(10-17)3-7-13/h4-5,8-9,11,13,17H,2-3,6-7,10H2,1H3,(H,16,18). The van der Waals surface area contributed by atoms with Gasteiger partial charge in [-0.2, -0.15) is 0 Å². The first kappa shape index (κ1) is 13.9. The molecular formula is C15H21NO3. The summed E-state index contributed by atoms with van der Waals surface area (Å²) in [4.78, 5) is 12.1. The molecule has 0 aliphatic heterocycles. The van der Waals surface area contributed by atoms with Crippen molar-refractivity contribution in [2.45, 2.75) is 31.7 Å². The number of ether oxygens (including phenoxy) is 1. The molecule has 19 heavy (non-hydrogen) atoms. The Hall–Kier alpha value is -1.55. The summed E-state index contributed by atoms with van der Waals surface area (Å²) in [7, 11) is 1.61. The highest BCUT2D eigenvalue weighted by molar-refractivity contribution is 5.94. The molecule has 104 valence electrons. The van der Waals surface area contributed by atoms with Gasteiger partial charge in [0.15, 0.2) is 0 Å². The van der Waals surface area contributed by atoms with Gasteiger partial charge < -0.3 is 15.2 Å². The third kappa shape index (κ3) is 3.70.